The summed E-state index contributed by atoms with van der Waals surface area (Å²) < 4.78 is 24.5. The average molecular weight is 463 g/mol. The lowest BCUT2D eigenvalue weighted by Gasteiger charge is -2.33. The maximum Gasteiger partial charge on any atom is 0.334 e. The third-order valence-corrected chi connectivity index (χ3v) is 9.21. The Kier molecular flexibility index (Phi) is 4.06. The molecule has 8 atom stereocenters. The molecule has 6 nitrogen and oxygen atoms in total. The number of rotatable bonds is 1. The Labute approximate surface area is 199 Å². The predicted octanol–water partition coefficient (Wildman–Crippen LogP) is 3.65. The molecule has 0 aromatic heterocycles. The Balaban J connectivity index is 1.25. The van der Waals surface area contributed by atoms with Crippen LogP contribution in [0.4, 0.5) is 0 Å². The molecule has 0 saturated carbocycles. The van der Waals surface area contributed by atoms with Crippen LogP contribution in [-0.4, -0.2) is 47.6 Å². The number of esters is 2. The first-order valence-corrected chi connectivity index (χ1v) is 12.5. The Hall–Kier alpha value is -2.44. The molecule has 3 fully saturated rings. The number of ether oxygens (including phenoxy) is 4. The van der Waals surface area contributed by atoms with Crippen LogP contribution in [0, 0.1) is 11.8 Å². The van der Waals surface area contributed by atoms with Crippen molar-refractivity contribution in [2.24, 2.45) is 11.8 Å². The Bertz CT molecular complexity index is 1190. The van der Waals surface area contributed by atoms with Gasteiger partial charge in [0, 0.05) is 30.3 Å². The molecule has 0 radical (unpaired) electrons. The second-order valence-corrected chi connectivity index (χ2v) is 11.5. The van der Waals surface area contributed by atoms with E-state index in [0.29, 0.717) is 18.4 Å². The van der Waals surface area contributed by atoms with Crippen LogP contribution in [0.2, 0.25) is 0 Å². The number of carbonyl (C=O) groups excluding carboxylic acids is 2. The Morgan fingerprint density at radius 1 is 1.12 bits per heavy atom. The highest BCUT2D eigenvalue weighted by Gasteiger charge is 2.65. The van der Waals surface area contributed by atoms with E-state index >= 15 is 0 Å². The Morgan fingerprint density at radius 2 is 1.94 bits per heavy atom. The number of fused-ring (bicyclic) bond motifs is 5. The summed E-state index contributed by atoms with van der Waals surface area (Å²) in [7, 11) is 0. The number of hydrogen-bond donors (Lipinski definition) is 0. The van der Waals surface area contributed by atoms with Gasteiger partial charge in [-0.2, -0.15) is 0 Å². The number of cyclic esters (lactones) is 1. The molecule has 6 heteroatoms. The zero-order valence-corrected chi connectivity index (χ0v) is 20.0. The van der Waals surface area contributed by atoms with Gasteiger partial charge in [0.1, 0.15) is 18.3 Å². The number of hydrogen-bond acceptors (Lipinski definition) is 6. The molecule has 1 aromatic rings. The molecule has 3 saturated heterocycles. The van der Waals surface area contributed by atoms with E-state index in [9.17, 15) is 9.59 Å². The first-order valence-electron chi connectivity index (χ1n) is 12.5. The van der Waals surface area contributed by atoms with E-state index in [1.165, 1.54) is 22.3 Å². The molecular formula is C28H30O6. The third kappa shape index (κ3) is 2.59. The average Bonchev–Trinajstić information content (AvgIpc) is 3.47. The topological polar surface area (TPSA) is 71.1 Å². The quantitative estimate of drug-likeness (QED) is 0.594. The fraction of sp³-hybridized carbons (Fsp3) is 0.571. The standard InChI is InChI=1S/C28H30O6/c1-13-9-20(32-26(13)30)25-14(2)24-17-6-5-15-12-28-21(8-7-16(15)18(17)10-19(24)31-25)27(3,4)33-22(28)11-23(29)34-28/h5-9,14,19-22,24-25H,10-12H2,1-4H3. The van der Waals surface area contributed by atoms with Gasteiger partial charge in [0.25, 0.3) is 0 Å². The van der Waals surface area contributed by atoms with Crippen LogP contribution in [0.3, 0.4) is 0 Å². The molecule has 0 N–H and O–H groups in total. The van der Waals surface area contributed by atoms with Crippen LogP contribution in [0.5, 0.6) is 0 Å². The van der Waals surface area contributed by atoms with Crippen LogP contribution in [0.15, 0.2) is 29.9 Å². The maximum absolute atomic E-state index is 12.3. The van der Waals surface area contributed by atoms with Crippen molar-refractivity contribution >= 4 is 18.0 Å². The van der Waals surface area contributed by atoms with Gasteiger partial charge >= 0.3 is 11.9 Å². The van der Waals surface area contributed by atoms with E-state index in [1.54, 1.807) is 6.92 Å². The molecule has 1 aromatic carbocycles. The minimum atomic E-state index is -0.628. The predicted molar refractivity (Wildman–Crippen MR) is 123 cm³/mol. The first-order chi connectivity index (χ1) is 16.2. The van der Waals surface area contributed by atoms with Crippen LogP contribution in [0.25, 0.3) is 6.08 Å². The molecule has 8 unspecified atom stereocenters. The minimum Gasteiger partial charge on any atom is -0.455 e. The van der Waals surface area contributed by atoms with Gasteiger partial charge in [-0.1, -0.05) is 31.2 Å². The van der Waals surface area contributed by atoms with Gasteiger partial charge in [-0.25, -0.2) is 4.79 Å². The van der Waals surface area contributed by atoms with Crippen LogP contribution < -0.4 is 0 Å². The van der Waals surface area contributed by atoms with Gasteiger partial charge in [-0.15, -0.1) is 0 Å². The summed E-state index contributed by atoms with van der Waals surface area (Å²) in [6.45, 7) is 8.21. The summed E-state index contributed by atoms with van der Waals surface area (Å²) in [4.78, 5) is 24.2. The van der Waals surface area contributed by atoms with Crippen LogP contribution >= 0.6 is 0 Å². The zero-order chi connectivity index (χ0) is 23.6. The highest BCUT2D eigenvalue weighted by atomic mass is 16.6. The molecular weight excluding hydrogens is 432 g/mol. The third-order valence-electron chi connectivity index (χ3n) is 9.21. The fourth-order valence-electron chi connectivity index (χ4n) is 7.77. The molecule has 4 aliphatic heterocycles. The summed E-state index contributed by atoms with van der Waals surface area (Å²) >= 11 is 0. The highest BCUT2D eigenvalue weighted by molar-refractivity contribution is 5.90. The van der Waals surface area contributed by atoms with Crippen molar-refractivity contribution in [1.29, 1.82) is 0 Å². The van der Waals surface area contributed by atoms with Gasteiger partial charge in [-0.3, -0.25) is 4.79 Å². The van der Waals surface area contributed by atoms with Crippen LogP contribution in [-0.2, 0) is 41.4 Å². The normalized spacial score (nSPS) is 42.8. The van der Waals surface area contributed by atoms with Crippen LogP contribution in [0.1, 0.15) is 62.3 Å². The summed E-state index contributed by atoms with van der Waals surface area (Å²) in [6.07, 6.45) is 7.66. The van der Waals surface area contributed by atoms with Gasteiger partial charge in [0.2, 0.25) is 0 Å². The second kappa shape index (κ2) is 6.61. The van der Waals surface area contributed by atoms with E-state index < -0.39 is 11.2 Å². The van der Waals surface area contributed by atoms with Crippen molar-refractivity contribution in [2.45, 2.75) is 88.5 Å². The van der Waals surface area contributed by atoms with Gasteiger partial charge in [0.05, 0.1) is 18.1 Å². The molecule has 1 spiro atoms. The molecule has 0 bridgehead atoms. The van der Waals surface area contributed by atoms with Gasteiger partial charge in [-0.05, 0) is 55.0 Å². The highest BCUT2D eigenvalue weighted by Crippen LogP contribution is 2.56. The lowest BCUT2D eigenvalue weighted by atomic mass is 9.75. The molecule has 2 aliphatic carbocycles. The molecule has 7 rings (SSSR count). The zero-order valence-electron chi connectivity index (χ0n) is 20.0. The number of benzene rings is 1. The summed E-state index contributed by atoms with van der Waals surface area (Å²) in [5.41, 5.74) is 4.80. The molecule has 34 heavy (non-hydrogen) atoms. The van der Waals surface area contributed by atoms with Crippen molar-refractivity contribution in [2.75, 3.05) is 0 Å². The van der Waals surface area contributed by atoms with Crippen molar-refractivity contribution in [3.05, 3.63) is 52.1 Å². The van der Waals surface area contributed by atoms with Crippen molar-refractivity contribution in [3.8, 4) is 0 Å². The van der Waals surface area contributed by atoms with Gasteiger partial charge in [0.15, 0.2) is 5.60 Å². The van der Waals surface area contributed by atoms with Crippen molar-refractivity contribution in [1.82, 2.24) is 0 Å². The van der Waals surface area contributed by atoms with Crippen molar-refractivity contribution < 1.29 is 28.5 Å². The molecule has 0 amide bonds. The van der Waals surface area contributed by atoms with E-state index in [-0.39, 0.29) is 54.1 Å². The summed E-state index contributed by atoms with van der Waals surface area (Å²) in [5, 5.41) is 0. The Morgan fingerprint density at radius 3 is 2.71 bits per heavy atom. The monoisotopic (exact) mass is 462 g/mol. The smallest absolute Gasteiger partial charge is 0.334 e. The minimum absolute atomic E-state index is 0.00651. The van der Waals surface area contributed by atoms with E-state index in [1.807, 2.05) is 6.08 Å². The lowest BCUT2D eigenvalue weighted by molar-refractivity contribution is -0.151. The van der Waals surface area contributed by atoms with Gasteiger partial charge < -0.3 is 18.9 Å². The molecule has 178 valence electrons. The fourth-order valence-corrected chi connectivity index (χ4v) is 7.77. The number of carbonyl (C=O) groups is 2. The van der Waals surface area contributed by atoms with Crippen molar-refractivity contribution in [3.63, 3.8) is 0 Å². The SMILES string of the molecule is CC1=CC(C2OC3Cc4c(ccc5c4C=CC4C(C)(C)OC6CC(=O)OC64C5)C3C2C)OC1=O. The van der Waals surface area contributed by atoms with E-state index in [2.05, 4.69) is 45.1 Å². The molecule has 6 aliphatic rings. The maximum atomic E-state index is 12.3. The summed E-state index contributed by atoms with van der Waals surface area (Å²) in [6, 6.07) is 4.46. The first kappa shape index (κ1) is 20.9. The largest absolute Gasteiger partial charge is 0.455 e. The second-order valence-electron chi connectivity index (χ2n) is 11.5. The molecule has 4 heterocycles. The van der Waals surface area contributed by atoms with E-state index in [0.717, 1.165) is 6.42 Å². The van der Waals surface area contributed by atoms with E-state index in [4.69, 9.17) is 18.9 Å². The summed E-state index contributed by atoms with van der Waals surface area (Å²) in [5.74, 6) is 0.126. The lowest BCUT2D eigenvalue weighted by Crippen LogP contribution is -2.45.